The van der Waals surface area contributed by atoms with Crippen LogP contribution in [0.1, 0.15) is 19.4 Å². The molecule has 3 aromatic rings. The second-order valence-corrected chi connectivity index (χ2v) is 10.5. The van der Waals surface area contributed by atoms with Crippen molar-refractivity contribution in [2.75, 3.05) is 16.2 Å². The zero-order chi connectivity index (χ0) is 22.2. The molecule has 162 valence electrons. The Bertz CT molecular complexity index is 1210. The second kappa shape index (κ2) is 8.14. The molecule has 1 amide bonds. The molecule has 0 atom stereocenters. The molecule has 1 aliphatic heterocycles. The number of hydrogen-bond acceptors (Lipinski definition) is 6. The average Bonchev–Trinajstić information content (AvgIpc) is 3.37. The first-order valence-electron chi connectivity index (χ1n) is 9.47. The summed E-state index contributed by atoms with van der Waals surface area (Å²) in [6, 6.07) is 11.6. The topological polar surface area (TPSA) is 88.6 Å². The molecule has 31 heavy (non-hydrogen) atoms. The number of amides is 1. The molecule has 0 aliphatic carbocycles. The maximum absolute atomic E-state index is 13.2. The minimum absolute atomic E-state index is 0.132. The first-order valence-corrected chi connectivity index (χ1v) is 12.2. The third-order valence-corrected chi connectivity index (χ3v) is 7.26. The van der Waals surface area contributed by atoms with E-state index < -0.39 is 15.6 Å². The number of rotatable bonds is 6. The van der Waals surface area contributed by atoms with Gasteiger partial charge >= 0.3 is 0 Å². The van der Waals surface area contributed by atoms with E-state index in [1.165, 1.54) is 23.6 Å². The van der Waals surface area contributed by atoms with Crippen LogP contribution in [-0.2, 0) is 21.2 Å². The number of carbonyl (C=O) groups excluding carboxylic acids is 1. The van der Waals surface area contributed by atoms with Crippen molar-refractivity contribution in [3.63, 3.8) is 0 Å². The molecule has 1 aromatic heterocycles. The van der Waals surface area contributed by atoms with E-state index in [1.807, 2.05) is 0 Å². The van der Waals surface area contributed by atoms with Gasteiger partial charge in [0.05, 0.1) is 4.90 Å². The smallest absolute Gasteiger partial charge is 0.270 e. The number of thiazole rings is 1. The molecule has 0 bridgehead atoms. The van der Waals surface area contributed by atoms with Gasteiger partial charge in [0.2, 0.25) is 0 Å². The van der Waals surface area contributed by atoms with E-state index in [2.05, 4.69) is 9.71 Å². The van der Waals surface area contributed by atoms with Crippen molar-refractivity contribution in [1.82, 2.24) is 4.98 Å². The highest BCUT2D eigenvalue weighted by Gasteiger charge is 2.38. The number of benzene rings is 2. The molecule has 1 aliphatic rings. The van der Waals surface area contributed by atoms with E-state index in [0.29, 0.717) is 34.6 Å². The third kappa shape index (κ3) is 4.53. The van der Waals surface area contributed by atoms with Gasteiger partial charge in [0.25, 0.3) is 15.9 Å². The number of anilines is 2. The van der Waals surface area contributed by atoms with Crippen molar-refractivity contribution in [2.45, 2.75) is 30.8 Å². The Labute approximate surface area is 189 Å². The molecule has 2 aromatic carbocycles. The molecule has 0 unspecified atom stereocenters. The zero-order valence-corrected chi connectivity index (χ0v) is 19.2. The minimum atomic E-state index is -3.76. The predicted octanol–water partition coefficient (Wildman–Crippen LogP) is 4.34. The van der Waals surface area contributed by atoms with Crippen LogP contribution in [0.25, 0.3) is 0 Å². The Morgan fingerprint density at radius 3 is 2.65 bits per heavy atom. The molecule has 4 rings (SSSR count). The van der Waals surface area contributed by atoms with Gasteiger partial charge in [0.1, 0.15) is 5.75 Å². The van der Waals surface area contributed by atoms with Crippen LogP contribution in [0.3, 0.4) is 0 Å². The summed E-state index contributed by atoms with van der Waals surface area (Å²) in [6.07, 6.45) is 2.08. The average molecular weight is 478 g/mol. The quantitative estimate of drug-likeness (QED) is 0.570. The molecular weight excluding hydrogens is 458 g/mol. The first kappa shape index (κ1) is 21.6. The monoisotopic (exact) mass is 477 g/mol. The summed E-state index contributed by atoms with van der Waals surface area (Å²) < 4.78 is 33.7. The highest BCUT2D eigenvalue weighted by molar-refractivity contribution is 7.93. The third-order valence-electron chi connectivity index (χ3n) is 4.86. The molecule has 1 N–H and O–H groups in total. The number of aromatic nitrogens is 1. The highest BCUT2D eigenvalue weighted by atomic mass is 35.5. The van der Waals surface area contributed by atoms with Crippen LogP contribution < -0.4 is 14.4 Å². The van der Waals surface area contributed by atoms with Crippen molar-refractivity contribution >= 4 is 49.7 Å². The standard InChI is InChI=1S/C21H20ClN3O4S2/c1-21(2,29-16-5-3-15(22)4-6-16)19(26)25-11-9-14-13-17(7-8-18(14)25)31(27,28)24-20-23-10-12-30-20/h3-8,10,12-13H,9,11H2,1-2H3,(H,23,24). The lowest BCUT2D eigenvalue weighted by Crippen LogP contribution is -2.48. The first-order chi connectivity index (χ1) is 14.7. The largest absolute Gasteiger partial charge is 0.478 e. The summed E-state index contributed by atoms with van der Waals surface area (Å²) in [6.45, 7) is 3.86. The number of sulfonamides is 1. The van der Waals surface area contributed by atoms with E-state index in [4.69, 9.17) is 16.3 Å². The highest BCUT2D eigenvalue weighted by Crippen LogP contribution is 2.33. The number of carbonyl (C=O) groups is 1. The number of nitrogens with zero attached hydrogens (tertiary/aromatic N) is 2. The summed E-state index contributed by atoms with van der Waals surface area (Å²) in [5, 5.41) is 2.58. The molecule has 0 spiro atoms. The molecule has 0 fully saturated rings. The van der Waals surface area contributed by atoms with E-state index >= 15 is 0 Å². The predicted molar refractivity (Wildman–Crippen MR) is 122 cm³/mol. The number of ether oxygens (including phenoxy) is 1. The molecule has 0 radical (unpaired) electrons. The van der Waals surface area contributed by atoms with E-state index in [-0.39, 0.29) is 10.8 Å². The summed E-state index contributed by atoms with van der Waals surface area (Å²) in [7, 11) is -3.76. The maximum atomic E-state index is 13.2. The summed E-state index contributed by atoms with van der Waals surface area (Å²) in [4.78, 5) is 19.0. The fourth-order valence-corrected chi connectivity index (χ4v) is 5.33. The maximum Gasteiger partial charge on any atom is 0.270 e. The zero-order valence-electron chi connectivity index (χ0n) is 16.8. The fourth-order valence-electron chi connectivity index (χ4n) is 3.37. The van der Waals surface area contributed by atoms with Crippen LogP contribution >= 0.6 is 22.9 Å². The van der Waals surface area contributed by atoms with Gasteiger partial charge in [-0.25, -0.2) is 13.4 Å². The molecule has 10 heteroatoms. The number of fused-ring (bicyclic) bond motifs is 1. The van der Waals surface area contributed by atoms with E-state index in [1.54, 1.807) is 60.5 Å². The van der Waals surface area contributed by atoms with Crippen LogP contribution in [0, 0.1) is 0 Å². The van der Waals surface area contributed by atoms with Crippen molar-refractivity contribution in [1.29, 1.82) is 0 Å². The van der Waals surface area contributed by atoms with Gasteiger partial charge in [-0.2, -0.15) is 0 Å². The number of halogens is 1. The lowest BCUT2D eigenvalue weighted by Gasteiger charge is -2.30. The summed E-state index contributed by atoms with van der Waals surface area (Å²) in [5.41, 5.74) is 0.357. The van der Waals surface area contributed by atoms with Gasteiger partial charge in [-0.05, 0) is 68.3 Å². The fraction of sp³-hybridized carbons (Fsp3) is 0.238. The Morgan fingerprint density at radius 2 is 1.97 bits per heavy atom. The molecule has 0 saturated heterocycles. The minimum Gasteiger partial charge on any atom is -0.478 e. The number of hydrogen-bond donors (Lipinski definition) is 1. The van der Waals surface area contributed by atoms with Crippen LogP contribution in [0.2, 0.25) is 5.02 Å². The Hall–Kier alpha value is -2.62. The van der Waals surface area contributed by atoms with Crippen LogP contribution in [0.5, 0.6) is 5.75 Å². The van der Waals surface area contributed by atoms with Gasteiger partial charge in [-0.15, -0.1) is 11.3 Å². The van der Waals surface area contributed by atoms with Crippen LogP contribution in [0.15, 0.2) is 58.9 Å². The summed E-state index contributed by atoms with van der Waals surface area (Å²) in [5.74, 6) is 0.328. The Morgan fingerprint density at radius 1 is 1.23 bits per heavy atom. The van der Waals surface area contributed by atoms with Gasteiger partial charge in [-0.3, -0.25) is 9.52 Å². The SMILES string of the molecule is CC(C)(Oc1ccc(Cl)cc1)C(=O)N1CCc2cc(S(=O)(=O)Nc3nccs3)ccc21. The van der Waals surface area contributed by atoms with Crippen LogP contribution in [0.4, 0.5) is 10.8 Å². The van der Waals surface area contributed by atoms with Gasteiger partial charge in [-0.1, -0.05) is 11.6 Å². The van der Waals surface area contributed by atoms with Gasteiger partial charge in [0, 0.05) is 28.8 Å². The van der Waals surface area contributed by atoms with Crippen molar-refractivity contribution in [3.05, 3.63) is 64.6 Å². The lowest BCUT2D eigenvalue weighted by molar-refractivity contribution is -0.131. The molecular formula is C21H20ClN3O4S2. The second-order valence-electron chi connectivity index (χ2n) is 7.51. The molecule has 2 heterocycles. The van der Waals surface area contributed by atoms with Crippen molar-refractivity contribution in [2.24, 2.45) is 0 Å². The van der Waals surface area contributed by atoms with Crippen molar-refractivity contribution < 1.29 is 17.9 Å². The van der Waals surface area contributed by atoms with Gasteiger partial charge in [0.15, 0.2) is 10.7 Å². The Balaban J connectivity index is 1.54. The lowest BCUT2D eigenvalue weighted by atomic mass is 10.1. The van der Waals surface area contributed by atoms with Gasteiger partial charge < -0.3 is 9.64 Å². The normalized spacial score (nSPS) is 13.7. The van der Waals surface area contributed by atoms with Crippen LogP contribution in [-0.4, -0.2) is 31.5 Å². The Kier molecular flexibility index (Phi) is 5.67. The van der Waals surface area contributed by atoms with Crippen molar-refractivity contribution in [3.8, 4) is 5.75 Å². The molecule has 7 nitrogen and oxygen atoms in total. The summed E-state index contributed by atoms with van der Waals surface area (Å²) >= 11 is 7.11. The number of nitrogens with one attached hydrogen (secondary N) is 1. The molecule has 0 saturated carbocycles. The van der Waals surface area contributed by atoms with E-state index in [0.717, 1.165) is 5.56 Å². The van der Waals surface area contributed by atoms with E-state index in [9.17, 15) is 13.2 Å².